The zero-order valence-electron chi connectivity index (χ0n) is 10.9. The van der Waals surface area contributed by atoms with E-state index in [1.165, 1.54) is 6.07 Å². The van der Waals surface area contributed by atoms with E-state index in [4.69, 9.17) is 9.84 Å². The topological polar surface area (TPSA) is 63.6 Å². The van der Waals surface area contributed by atoms with Crippen LogP contribution in [-0.4, -0.2) is 17.0 Å². The van der Waals surface area contributed by atoms with Crippen molar-refractivity contribution in [1.29, 1.82) is 0 Å². The summed E-state index contributed by atoms with van der Waals surface area (Å²) in [4.78, 5) is 22.7. The number of carboxylic acid groups (broad SMARTS) is 1. The van der Waals surface area contributed by atoms with Crippen LogP contribution in [0.5, 0.6) is 0 Å². The quantitative estimate of drug-likeness (QED) is 0.838. The molecule has 0 bridgehead atoms. The predicted molar refractivity (Wildman–Crippen MR) is 73.0 cm³/mol. The van der Waals surface area contributed by atoms with E-state index in [9.17, 15) is 9.59 Å². The van der Waals surface area contributed by atoms with Crippen molar-refractivity contribution >= 4 is 18.0 Å². The van der Waals surface area contributed by atoms with Crippen molar-refractivity contribution in [3.63, 3.8) is 0 Å². The van der Waals surface area contributed by atoms with Crippen LogP contribution in [0, 0.1) is 0 Å². The standard InChI is InChI=1S/C16H14O4/c17-15(18)11-5-3-4-10(8-11)9-14-12-6-1-2-7-13(12)16(19)20-14/h3-5,8-9H,1-2,6-7H2,(H,17,18). The summed E-state index contributed by atoms with van der Waals surface area (Å²) in [5.74, 6) is -0.640. The second kappa shape index (κ2) is 4.96. The largest absolute Gasteiger partial charge is 0.478 e. The number of carbonyl (C=O) groups is 2. The van der Waals surface area contributed by atoms with Crippen LogP contribution in [0.4, 0.5) is 0 Å². The highest BCUT2D eigenvalue weighted by Crippen LogP contribution is 2.37. The molecule has 0 aromatic heterocycles. The van der Waals surface area contributed by atoms with Crippen LogP contribution in [0.3, 0.4) is 0 Å². The second-order valence-corrected chi connectivity index (χ2v) is 4.99. The number of allylic oxidation sites excluding steroid dienone is 1. The molecule has 2 aliphatic rings. The Morgan fingerprint density at radius 1 is 1.20 bits per heavy atom. The monoisotopic (exact) mass is 270 g/mol. The zero-order chi connectivity index (χ0) is 14.1. The van der Waals surface area contributed by atoms with E-state index >= 15 is 0 Å². The smallest absolute Gasteiger partial charge is 0.339 e. The summed E-state index contributed by atoms with van der Waals surface area (Å²) in [7, 11) is 0. The first-order valence-corrected chi connectivity index (χ1v) is 6.65. The summed E-state index contributed by atoms with van der Waals surface area (Å²) in [6.07, 6.45) is 5.46. The lowest BCUT2D eigenvalue weighted by atomic mass is 9.92. The first-order chi connectivity index (χ1) is 9.65. The minimum Gasteiger partial charge on any atom is -0.478 e. The number of carbonyl (C=O) groups excluding carboxylic acids is 1. The first kappa shape index (κ1) is 12.7. The number of benzene rings is 1. The minimum absolute atomic E-state index is 0.224. The number of hydrogen-bond acceptors (Lipinski definition) is 3. The number of aromatic carboxylic acids is 1. The highest BCUT2D eigenvalue weighted by Gasteiger charge is 2.31. The Hall–Kier alpha value is -2.36. The average molecular weight is 270 g/mol. The summed E-state index contributed by atoms with van der Waals surface area (Å²) in [5, 5.41) is 8.98. The van der Waals surface area contributed by atoms with Gasteiger partial charge in [0, 0.05) is 11.1 Å². The van der Waals surface area contributed by atoms with Crippen molar-refractivity contribution in [3.8, 4) is 0 Å². The van der Waals surface area contributed by atoms with E-state index in [0.717, 1.165) is 42.4 Å². The van der Waals surface area contributed by atoms with Crippen molar-refractivity contribution in [2.45, 2.75) is 25.7 Å². The number of carboxylic acids is 1. The Morgan fingerprint density at radius 3 is 2.70 bits per heavy atom. The third-order valence-electron chi connectivity index (χ3n) is 3.65. The van der Waals surface area contributed by atoms with Crippen molar-refractivity contribution < 1.29 is 19.4 Å². The minimum atomic E-state index is -0.966. The Balaban J connectivity index is 1.97. The van der Waals surface area contributed by atoms with Crippen molar-refractivity contribution in [2.24, 2.45) is 0 Å². The van der Waals surface area contributed by atoms with Gasteiger partial charge in [-0.15, -0.1) is 0 Å². The van der Waals surface area contributed by atoms with Crippen molar-refractivity contribution in [3.05, 3.63) is 52.3 Å². The molecule has 0 fully saturated rings. The number of esters is 1. The maximum Gasteiger partial charge on any atom is 0.339 e. The maximum atomic E-state index is 11.8. The fraction of sp³-hybridized carbons (Fsp3) is 0.250. The molecule has 0 spiro atoms. The molecule has 4 nitrogen and oxygen atoms in total. The van der Waals surface area contributed by atoms with Gasteiger partial charge in [0.2, 0.25) is 0 Å². The Morgan fingerprint density at radius 2 is 1.95 bits per heavy atom. The highest BCUT2D eigenvalue weighted by atomic mass is 16.5. The molecular weight excluding hydrogens is 256 g/mol. The zero-order valence-corrected chi connectivity index (χ0v) is 10.9. The molecule has 0 atom stereocenters. The first-order valence-electron chi connectivity index (χ1n) is 6.65. The molecule has 0 unspecified atom stereocenters. The summed E-state index contributed by atoms with van der Waals surface area (Å²) in [6.45, 7) is 0. The fourth-order valence-electron chi connectivity index (χ4n) is 2.66. The average Bonchev–Trinajstić information content (AvgIpc) is 2.76. The lowest BCUT2D eigenvalue weighted by molar-refractivity contribution is -0.133. The Bertz CT molecular complexity index is 652. The van der Waals surface area contributed by atoms with Crippen molar-refractivity contribution in [1.82, 2.24) is 0 Å². The maximum absolute atomic E-state index is 11.8. The number of rotatable bonds is 2. The molecule has 102 valence electrons. The van der Waals surface area contributed by atoms with Gasteiger partial charge >= 0.3 is 11.9 Å². The van der Waals surface area contributed by atoms with Crippen LogP contribution in [0.25, 0.3) is 6.08 Å². The molecule has 0 saturated heterocycles. The van der Waals surface area contributed by atoms with Gasteiger partial charge in [-0.3, -0.25) is 0 Å². The molecule has 0 radical (unpaired) electrons. The number of cyclic esters (lactones) is 1. The fourth-order valence-corrected chi connectivity index (χ4v) is 2.66. The molecule has 1 heterocycles. The normalized spacial score (nSPS) is 20.0. The van der Waals surface area contributed by atoms with Gasteiger partial charge in [0.05, 0.1) is 5.56 Å². The third-order valence-corrected chi connectivity index (χ3v) is 3.65. The van der Waals surface area contributed by atoms with Gasteiger partial charge in [-0.1, -0.05) is 12.1 Å². The lowest BCUT2D eigenvalue weighted by Crippen LogP contribution is -2.01. The van der Waals surface area contributed by atoms with Crippen LogP contribution >= 0.6 is 0 Å². The summed E-state index contributed by atoms with van der Waals surface area (Å²) in [6, 6.07) is 6.60. The number of ether oxygens (including phenoxy) is 1. The van der Waals surface area contributed by atoms with E-state index < -0.39 is 5.97 Å². The molecule has 1 N–H and O–H groups in total. The molecule has 0 amide bonds. The van der Waals surface area contributed by atoms with Gasteiger partial charge in [-0.2, -0.15) is 0 Å². The van der Waals surface area contributed by atoms with Gasteiger partial charge in [-0.25, -0.2) is 9.59 Å². The molecule has 0 saturated carbocycles. The molecule has 1 aromatic rings. The highest BCUT2D eigenvalue weighted by molar-refractivity contribution is 5.96. The summed E-state index contributed by atoms with van der Waals surface area (Å²) < 4.78 is 5.31. The summed E-state index contributed by atoms with van der Waals surface area (Å²) >= 11 is 0. The predicted octanol–water partition coefficient (Wildman–Crippen LogP) is 3.15. The van der Waals surface area contributed by atoms with E-state index in [-0.39, 0.29) is 11.5 Å². The van der Waals surface area contributed by atoms with Gasteiger partial charge < -0.3 is 9.84 Å². The van der Waals surface area contributed by atoms with Crippen molar-refractivity contribution in [2.75, 3.05) is 0 Å². The van der Waals surface area contributed by atoms with Gasteiger partial charge in [0.15, 0.2) is 0 Å². The van der Waals surface area contributed by atoms with E-state index in [1.54, 1.807) is 24.3 Å². The van der Waals surface area contributed by atoms with Crippen LogP contribution in [0.15, 0.2) is 41.2 Å². The molecule has 1 aliphatic carbocycles. The second-order valence-electron chi connectivity index (χ2n) is 4.99. The van der Waals surface area contributed by atoms with Crippen LogP contribution in [0.1, 0.15) is 41.6 Å². The molecule has 4 heteroatoms. The third kappa shape index (κ3) is 2.25. The van der Waals surface area contributed by atoms with Crippen LogP contribution in [-0.2, 0) is 9.53 Å². The Labute approximate surface area is 116 Å². The van der Waals surface area contributed by atoms with E-state index in [0.29, 0.717) is 5.76 Å². The molecule has 3 rings (SSSR count). The van der Waals surface area contributed by atoms with E-state index in [2.05, 4.69) is 0 Å². The molecule has 1 aromatic carbocycles. The van der Waals surface area contributed by atoms with Gasteiger partial charge in [-0.05, 0) is 49.5 Å². The molecule has 1 aliphatic heterocycles. The van der Waals surface area contributed by atoms with Crippen LogP contribution in [0.2, 0.25) is 0 Å². The number of hydrogen-bond donors (Lipinski definition) is 1. The van der Waals surface area contributed by atoms with E-state index in [1.807, 2.05) is 0 Å². The molecule has 20 heavy (non-hydrogen) atoms. The van der Waals surface area contributed by atoms with Gasteiger partial charge in [0.1, 0.15) is 5.76 Å². The SMILES string of the molecule is O=C1OC(=Cc2cccc(C(=O)O)c2)C2=C1CCCC2. The van der Waals surface area contributed by atoms with Gasteiger partial charge in [0.25, 0.3) is 0 Å². The lowest BCUT2D eigenvalue weighted by Gasteiger charge is -2.10. The Kier molecular flexibility index (Phi) is 3.14. The van der Waals surface area contributed by atoms with Crippen LogP contribution < -0.4 is 0 Å². The summed E-state index contributed by atoms with van der Waals surface area (Å²) in [5.41, 5.74) is 2.73. The molecular formula is C16H14O4.